The molecule has 3 N–H and O–H groups in total. The number of carbonyl (C=O) groups is 2. The summed E-state index contributed by atoms with van der Waals surface area (Å²) in [7, 11) is 0. The number of rotatable bonds is 62. The standard InChI is InChI=1S/C68H129NO5/c1-3-5-7-9-11-13-15-17-19-20-30-33-36-40-44-48-52-56-60-66(71)65(64-70)69-67(72)61-57-53-49-45-41-37-34-31-28-26-24-22-21-23-25-27-29-32-35-39-43-47-51-55-59-63-74-68(73)62-58-54-50-46-42-38-18-16-14-12-10-8-6-4-2/h10,12,16,18,22,24,65-66,70-71H,3-9,11,13-15,17,19-21,23,25-64H2,1-2H3,(H,69,72)/b12-10-,18-16-,24-22-. The fourth-order valence-electron chi connectivity index (χ4n) is 10.3. The quantitative estimate of drug-likeness (QED) is 0.0320. The molecule has 0 rings (SSSR count). The highest BCUT2D eigenvalue weighted by atomic mass is 16.5. The predicted molar refractivity (Wildman–Crippen MR) is 324 cm³/mol. The Bertz CT molecular complexity index is 1200. The SMILES string of the molecule is CCCC/C=C\C/C=C\CCCCCCCC(=O)OCCCCCCCCCCCCCC/C=C\CCCCCCCCCCCC(=O)NC(CO)C(O)CCCCCCCCCCCCCCCCCCCC. The topological polar surface area (TPSA) is 95.9 Å². The van der Waals surface area contributed by atoms with Gasteiger partial charge < -0.3 is 20.3 Å². The van der Waals surface area contributed by atoms with E-state index in [9.17, 15) is 19.8 Å². The molecule has 6 nitrogen and oxygen atoms in total. The minimum Gasteiger partial charge on any atom is -0.466 e. The van der Waals surface area contributed by atoms with Gasteiger partial charge in [-0.2, -0.15) is 0 Å². The smallest absolute Gasteiger partial charge is 0.305 e. The second kappa shape index (κ2) is 63.6. The van der Waals surface area contributed by atoms with Crippen LogP contribution in [0.1, 0.15) is 361 Å². The van der Waals surface area contributed by atoms with Crippen LogP contribution in [0.4, 0.5) is 0 Å². The van der Waals surface area contributed by atoms with Crippen LogP contribution in [0.15, 0.2) is 36.5 Å². The van der Waals surface area contributed by atoms with Gasteiger partial charge in [-0.3, -0.25) is 9.59 Å². The predicted octanol–water partition coefficient (Wildman–Crippen LogP) is 21.1. The van der Waals surface area contributed by atoms with Crippen LogP contribution in [0.5, 0.6) is 0 Å². The molecule has 0 bridgehead atoms. The lowest BCUT2D eigenvalue weighted by molar-refractivity contribution is -0.143. The van der Waals surface area contributed by atoms with Crippen LogP contribution in [-0.4, -0.2) is 47.4 Å². The van der Waals surface area contributed by atoms with Crippen molar-refractivity contribution >= 4 is 11.9 Å². The third-order valence-electron chi connectivity index (χ3n) is 15.4. The maximum atomic E-state index is 12.5. The number of ether oxygens (including phenoxy) is 1. The summed E-state index contributed by atoms with van der Waals surface area (Å²) in [5.41, 5.74) is 0. The Morgan fingerprint density at radius 1 is 0.378 bits per heavy atom. The zero-order valence-corrected chi connectivity index (χ0v) is 49.8. The molecule has 0 radical (unpaired) electrons. The van der Waals surface area contributed by atoms with E-state index in [1.165, 1.54) is 276 Å². The molecule has 0 saturated heterocycles. The molecule has 0 heterocycles. The fraction of sp³-hybridized carbons (Fsp3) is 0.882. The summed E-state index contributed by atoms with van der Waals surface area (Å²) in [5.74, 6) is -0.0363. The van der Waals surface area contributed by atoms with E-state index in [0.29, 0.717) is 25.9 Å². The van der Waals surface area contributed by atoms with Gasteiger partial charge in [-0.1, -0.05) is 307 Å². The van der Waals surface area contributed by atoms with E-state index < -0.39 is 12.1 Å². The molecule has 1 amide bonds. The Morgan fingerprint density at radius 2 is 0.689 bits per heavy atom. The summed E-state index contributed by atoms with van der Waals surface area (Å²) in [6.07, 6.45) is 80.3. The van der Waals surface area contributed by atoms with Crippen molar-refractivity contribution in [3.8, 4) is 0 Å². The van der Waals surface area contributed by atoms with E-state index in [4.69, 9.17) is 4.74 Å². The van der Waals surface area contributed by atoms with Crippen LogP contribution >= 0.6 is 0 Å². The number of esters is 1. The molecule has 0 spiro atoms. The van der Waals surface area contributed by atoms with E-state index >= 15 is 0 Å². The maximum absolute atomic E-state index is 12.5. The molecule has 0 saturated carbocycles. The molecule has 0 aliphatic rings. The number of amides is 1. The first-order chi connectivity index (χ1) is 36.5. The van der Waals surface area contributed by atoms with E-state index in [2.05, 4.69) is 55.6 Å². The van der Waals surface area contributed by atoms with E-state index in [1.807, 2.05) is 0 Å². The zero-order valence-electron chi connectivity index (χ0n) is 49.8. The van der Waals surface area contributed by atoms with Crippen molar-refractivity contribution in [3.63, 3.8) is 0 Å². The van der Waals surface area contributed by atoms with Gasteiger partial charge in [0.2, 0.25) is 5.91 Å². The third-order valence-corrected chi connectivity index (χ3v) is 15.4. The first kappa shape index (κ1) is 72.1. The van der Waals surface area contributed by atoms with Crippen LogP contribution in [0.2, 0.25) is 0 Å². The van der Waals surface area contributed by atoms with Crippen molar-refractivity contribution in [2.75, 3.05) is 13.2 Å². The van der Waals surface area contributed by atoms with Crippen molar-refractivity contribution < 1.29 is 24.5 Å². The third kappa shape index (κ3) is 59.3. The highest BCUT2D eigenvalue weighted by molar-refractivity contribution is 5.76. The Morgan fingerprint density at radius 3 is 1.08 bits per heavy atom. The number of hydrogen-bond acceptors (Lipinski definition) is 5. The molecule has 74 heavy (non-hydrogen) atoms. The molecule has 2 atom stereocenters. The number of hydrogen-bond donors (Lipinski definition) is 3. The Balaban J connectivity index is 3.40. The lowest BCUT2D eigenvalue weighted by Crippen LogP contribution is -2.45. The molecule has 0 aromatic heterocycles. The van der Waals surface area contributed by atoms with Gasteiger partial charge in [0, 0.05) is 12.8 Å². The lowest BCUT2D eigenvalue weighted by Gasteiger charge is -2.22. The average molecular weight is 1040 g/mol. The molecular formula is C68H129NO5. The maximum Gasteiger partial charge on any atom is 0.305 e. The molecule has 2 unspecified atom stereocenters. The first-order valence-electron chi connectivity index (χ1n) is 33.2. The second-order valence-corrected chi connectivity index (χ2v) is 22.8. The van der Waals surface area contributed by atoms with E-state index in [0.717, 1.165) is 51.4 Å². The van der Waals surface area contributed by atoms with Crippen LogP contribution in [-0.2, 0) is 14.3 Å². The largest absolute Gasteiger partial charge is 0.466 e. The van der Waals surface area contributed by atoms with Gasteiger partial charge in [0.15, 0.2) is 0 Å². The van der Waals surface area contributed by atoms with Crippen LogP contribution < -0.4 is 5.32 Å². The van der Waals surface area contributed by atoms with Crippen LogP contribution in [0.3, 0.4) is 0 Å². The summed E-state index contributed by atoms with van der Waals surface area (Å²) >= 11 is 0. The summed E-state index contributed by atoms with van der Waals surface area (Å²) in [6.45, 7) is 4.93. The van der Waals surface area contributed by atoms with Crippen LogP contribution in [0, 0.1) is 0 Å². The summed E-state index contributed by atoms with van der Waals surface area (Å²) in [4.78, 5) is 24.6. The molecule has 0 aromatic rings. The monoisotopic (exact) mass is 1040 g/mol. The number of allylic oxidation sites excluding steroid dienone is 6. The van der Waals surface area contributed by atoms with Gasteiger partial charge in [0.25, 0.3) is 0 Å². The van der Waals surface area contributed by atoms with Gasteiger partial charge in [-0.25, -0.2) is 0 Å². The molecule has 436 valence electrons. The van der Waals surface area contributed by atoms with E-state index in [-0.39, 0.29) is 18.5 Å². The number of aliphatic hydroxyl groups excluding tert-OH is 2. The Kier molecular flexibility index (Phi) is 62.0. The van der Waals surface area contributed by atoms with Crippen molar-refractivity contribution in [1.82, 2.24) is 5.32 Å². The molecular weight excluding hydrogens is 911 g/mol. The second-order valence-electron chi connectivity index (χ2n) is 22.8. The van der Waals surface area contributed by atoms with Crippen molar-refractivity contribution in [3.05, 3.63) is 36.5 Å². The Labute approximate surface area is 462 Å². The zero-order chi connectivity index (χ0) is 53.6. The van der Waals surface area contributed by atoms with Crippen molar-refractivity contribution in [1.29, 1.82) is 0 Å². The van der Waals surface area contributed by atoms with Crippen LogP contribution in [0.25, 0.3) is 0 Å². The molecule has 0 aromatic carbocycles. The lowest BCUT2D eigenvalue weighted by atomic mass is 10.0. The normalized spacial score (nSPS) is 12.8. The number of aliphatic hydroxyl groups is 2. The van der Waals surface area contributed by atoms with Crippen molar-refractivity contribution in [2.45, 2.75) is 373 Å². The minimum atomic E-state index is -0.667. The highest BCUT2D eigenvalue weighted by Gasteiger charge is 2.20. The number of unbranched alkanes of at least 4 members (excludes halogenated alkanes) is 45. The highest BCUT2D eigenvalue weighted by Crippen LogP contribution is 2.18. The molecule has 0 aliphatic heterocycles. The summed E-state index contributed by atoms with van der Waals surface area (Å²) < 4.78 is 5.48. The summed E-state index contributed by atoms with van der Waals surface area (Å²) in [5, 5.41) is 23.4. The number of nitrogens with one attached hydrogen (secondary N) is 1. The number of carbonyl (C=O) groups excluding carboxylic acids is 2. The fourth-order valence-corrected chi connectivity index (χ4v) is 10.3. The van der Waals surface area contributed by atoms with Gasteiger partial charge >= 0.3 is 5.97 Å². The molecule has 0 aliphatic carbocycles. The van der Waals surface area contributed by atoms with Crippen molar-refractivity contribution in [2.24, 2.45) is 0 Å². The van der Waals surface area contributed by atoms with Gasteiger partial charge in [-0.15, -0.1) is 0 Å². The van der Waals surface area contributed by atoms with Gasteiger partial charge in [0.05, 0.1) is 25.4 Å². The molecule has 0 fully saturated rings. The van der Waals surface area contributed by atoms with Gasteiger partial charge in [-0.05, 0) is 77.0 Å². The first-order valence-corrected chi connectivity index (χ1v) is 33.2. The van der Waals surface area contributed by atoms with Gasteiger partial charge in [0.1, 0.15) is 0 Å². The minimum absolute atomic E-state index is 0.000914. The summed E-state index contributed by atoms with van der Waals surface area (Å²) in [6, 6.07) is -0.545. The average Bonchev–Trinajstić information content (AvgIpc) is 3.40. The Hall–Kier alpha value is -1.92. The van der Waals surface area contributed by atoms with E-state index in [1.54, 1.807) is 0 Å². The molecule has 6 heteroatoms.